The molecule has 10 nitrogen and oxygen atoms in total. The Kier molecular flexibility index (Phi) is 5.08. The van der Waals surface area contributed by atoms with E-state index in [0.717, 1.165) is 0 Å². The molecular formula is C12H18N4O6. The predicted octanol–water partition coefficient (Wildman–Crippen LogP) is -0.922. The molecule has 0 aromatic carbocycles. The molecule has 0 saturated carbocycles. The minimum Gasteiger partial charge on any atom is -0.411 e. The molecule has 2 heterocycles. The summed E-state index contributed by atoms with van der Waals surface area (Å²) in [7, 11) is 0. The van der Waals surface area contributed by atoms with Crippen molar-refractivity contribution >= 4 is 11.5 Å². The number of ether oxygens (including phenoxy) is 1. The number of aliphatic hydroxyl groups excluding tert-OH is 2. The van der Waals surface area contributed by atoms with Crippen LogP contribution in [0, 0.1) is 0 Å². The summed E-state index contributed by atoms with van der Waals surface area (Å²) in [5.41, 5.74) is 1.89. The molecule has 5 N–H and O–H groups in total. The summed E-state index contributed by atoms with van der Waals surface area (Å²) in [6.45, 7) is 1.20. The molecule has 10 heteroatoms. The lowest BCUT2D eigenvalue weighted by atomic mass is 10.1. The van der Waals surface area contributed by atoms with Gasteiger partial charge in [-0.15, -0.1) is 0 Å². The SMILES string of the molecule is C/C(Cc1cn([C@H]2C[C@H](O)[C@@H](CO)O2)c(=O)nc1NO)=N\O. The van der Waals surface area contributed by atoms with Gasteiger partial charge in [-0.2, -0.15) is 4.98 Å². The van der Waals surface area contributed by atoms with Crippen molar-refractivity contribution in [3.05, 3.63) is 22.2 Å². The van der Waals surface area contributed by atoms with Crippen molar-refractivity contribution in [2.75, 3.05) is 12.1 Å². The number of hydrogen-bond acceptors (Lipinski definition) is 9. The van der Waals surface area contributed by atoms with Gasteiger partial charge in [0.1, 0.15) is 12.3 Å². The van der Waals surface area contributed by atoms with Gasteiger partial charge < -0.3 is 20.2 Å². The van der Waals surface area contributed by atoms with Crippen LogP contribution in [0.1, 0.15) is 25.1 Å². The first-order valence-electron chi connectivity index (χ1n) is 6.64. The minimum atomic E-state index is -0.887. The molecular weight excluding hydrogens is 296 g/mol. The number of nitrogens with zero attached hydrogens (tertiary/aromatic N) is 3. The lowest BCUT2D eigenvalue weighted by Gasteiger charge is -2.16. The van der Waals surface area contributed by atoms with E-state index in [9.17, 15) is 9.90 Å². The van der Waals surface area contributed by atoms with Crippen LogP contribution in [0.5, 0.6) is 0 Å². The Morgan fingerprint density at radius 3 is 2.91 bits per heavy atom. The first-order chi connectivity index (χ1) is 10.5. The summed E-state index contributed by atoms with van der Waals surface area (Å²) in [6.07, 6.45) is -0.750. The highest BCUT2D eigenvalue weighted by atomic mass is 16.5. The molecule has 22 heavy (non-hydrogen) atoms. The Labute approximate surface area is 125 Å². The fraction of sp³-hybridized carbons (Fsp3) is 0.583. The highest BCUT2D eigenvalue weighted by Crippen LogP contribution is 2.28. The van der Waals surface area contributed by atoms with E-state index in [2.05, 4.69) is 10.1 Å². The second-order valence-electron chi connectivity index (χ2n) is 5.04. The standard InChI is InChI=1S/C12H18N4O6/c1-6(14-20)2-7-4-16(12(19)13-11(7)15-21)10-3-8(18)9(5-17)22-10/h4,8-10,17-18,20-21H,2-3,5H2,1H3,(H,13,15,19)/b14-6+/t8-,9+,10+/m0/s1. The quantitative estimate of drug-likeness (QED) is 0.266. The lowest BCUT2D eigenvalue weighted by molar-refractivity contribution is -0.0459. The van der Waals surface area contributed by atoms with E-state index in [0.29, 0.717) is 11.3 Å². The third kappa shape index (κ3) is 3.25. The van der Waals surface area contributed by atoms with E-state index in [-0.39, 0.29) is 25.3 Å². The topological polar surface area (TPSA) is 149 Å². The zero-order valence-electron chi connectivity index (χ0n) is 11.9. The van der Waals surface area contributed by atoms with Crippen LogP contribution in [-0.4, -0.2) is 54.7 Å². The lowest BCUT2D eigenvalue weighted by Crippen LogP contribution is -2.29. The molecule has 0 aliphatic carbocycles. The van der Waals surface area contributed by atoms with Gasteiger partial charge >= 0.3 is 5.69 Å². The van der Waals surface area contributed by atoms with Crippen molar-refractivity contribution < 1.29 is 25.4 Å². The average molecular weight is 314 g/mol. The Bertz CT molecular complexity index is 616. The largest absolute Gasteiger partial charge is 0.411 e. The molecule has 0 amide bonds. The molecule has 1 aliphatic heterocycles. The van der Waals surface area contributed by atoms with Crippen LogP contribution in [0.3, 0.4) is 0 Å². The molecule has 1 aromatic rings. The Morgan fingerprint density at radius 2 is 2.36 bits per heavy atom. The van der Waals surface area contributed by atoms with Gasteiger partial charge in [-0.1, -0.05) is 5.16 Å². The molecule has 2 rings (SSSR count). The fourth-order valence-corrected chi connectivity index (χ4v) is 2.30. The number of aromatic nitrogens is 2. The van der Waals surface area contributed by atoms with Crippen LogP contribution in [-0.2, 0) is 11.2 Å². The van der Waals surface area contributed by atoms with E-state index in [1.807, 2.05) is 5.48 Å². The van der Waals surface area contributed by atoms with Gasteiger partial charge in [0.05, 0.1) is 18.4 Å². The van der Waals surface area contributed by atoms with Crippen LogP contribution in [0.25, 0.3) is 0 Å². The third-order valence-electron chi connectivity index (χ3n) is 3.44. The number of rotatable bonds is 5. The van der Waals surface area contributed by atoms with E-state index in [4.69, 9.17) is 20.3 Å². The molecule has 0 spiro atoms. The summed E-state index contributed by atoms with van der Waals surface area (Å²) in [5, 5.41) is 39.6. The fourth-order valence-electron chi connectivity index (χ4n) is 2.30. The van der Waals surface area contributed by atoms with Crippen molar-refractivity contribution in [3.63, 3.8) is 0 Å². The maximum atomic E-state index is 12.0. The smallest absolute Gasteiger partial charge is 0.351 e. The number of hydrogen-bond donors (Lipinski definition) is 5. The maximum Gasteiger partial charge on any atom is 0.351 e. The van der Waals surface area contributed by atoms with Gasteiger partial charge in [-0.05, 0) is 6.92 Å². The zero-order valence-corrected chi connectivity index (χ0v) is 11.9. The van der Waals surface area contributed by atoms with Gasteiger partial charge in [0, 0.05) is 24.6 Å². The van der Waals surface area contributed by atoms with E-state index >= 15 is 0 Å². The van der Waals surface area contributed by atoms with E-state index < -0.39 is 24.1 Å². The Balaban J connectivity index is 2.36. The molecule has 3 atom stereocenters. The van der Waals surface area contributed by atoms with Crippen molar-refractivity contribution in [3.8, 4) is 0 Å². The van der Waals surface area contributed by atoms with Crippen LogP contribution < -0.4 is 11.2 Å². The molecule has 1 aliphatic rings. The maximum absolute atomic E-state index is 12.0. The first-order valence-corrected chi connectivity index (χ1v) is 6.64. The van der Waals surface area contributed by atoms with E-state index in [1.54, 1.807) is 6.92 Å². The van der Waals surface area contributed by atoms with Gasteiger partial charge in [0.25, 0.3) is 0 Å². The molecule has 1 fully saturated rings. The summed E-state index contributed by atoms with van der Waals surface area (Å²) in [6, 6.07) is 0. The monoisotopic (exact) mass is 314 g/mol. The van der Waals surface area contributed by atoms with Crippen LogP contribution in [0.2, 0.25) is 0 Å². The molecule has 0 radical (unpaired) electrons. The van der Waals surface area contributed by atoms with E-state index in [1.165, 1.54) is 10.8 Å². The average Bonchev–Trinajstić information content (AvgIpc) is 2.89. The van der Waals surface area contributed by atoms with Gasteiger partial charge in [0.15, 0.2) is 5.82 Å². The number of oxime groups is 1. The van der Waals surface area contributed by atoms with Crippen molar-refractivity contribution in [2.45, 2.75) is 38.2 Å². The third-order valence-corrected chi connectivity index (χ3v) is 3.44. The Morgan fingerprint density at radius 1 is 1.64 bits per heavy atom. The number of aliphatic hydroxyl groups is 2. The molecule has 122 valence electrons. The predicted molar refractivity (Wildman–Crippen MR) is 74.1 cm³/mol. The van der Waals surface area contributed by atoms with Gasteiger partial charge in [-0.3, -0.25) is 15.3 Å². The summed E-state index contributed by atoms with van der Waals surface area (Å²) in [5.74, 6) is -0.0542. The Hall–Kier alpha value is -2.01. The summed E-state index contributed by atoms with van der Waals surface area (Å²) >= 11 is 0. The highest BCUT2D eigenvalue weighted by molar-refractivity contribution is 5.84. The highest BCUT2D eigenvalue weighted by Gasteiger charge is 2.35. The van der Waals surface area contributed by atoms with Crippen molar-refractivity contribution in [1.82, 2.24) is 9.55 Å². The van der Waals surface area contributed by atoms with Crippen LogP contribution in [0.4, 0.5) is 5.82 Å². The minimum absolute atomic E-state index is 0.0542. The van der Waals surface area contributed by atoms with Gasteiger partial charge in [-0.25, -0.2) is 4.79 Å². The molecule has 1 saturated heterocycles. The van der Waals surface area contributed by atoms with Gasteiger partial charge in [0.2, 0.25) is 0 Å². The van der Waals surface area contributed by atoms with Crippen molar-refractivity contribution in [2.24, 2.45) is 5.16 Å². The number of anilines is 1. The zero-order chi connectivity index (χ0) is 16.3. The normalized spacial score (nSPS) is 25.5. The summed E-state index contributed by atoms with van der Waals surface area (Å²) in [4.78, 5) is 15.7. The van der Waals surface area contributed by atoms with Crippen molar-refractivity contribution in [1.29, 1.82) is 0 Å². The molecule has 1 aromatic heterocycles. The second-order valence-corrected chi connectivity index (χ2v) is 5.04. The number of nitrogens with one attached hydrogen (secondary N) is 1. The second kappa shape index (κ2) is 6.83. The van der Waals surface area contributed by atoms with Crippen LogP contribution in [0.15, 0.2) is 16.1 Å². The summed E-state index contributed by atoms with van der Waals surface area (Å²) < 4.78 is 6.58. The molecule has 0 bridgehead atoms. The first kappa shape index (κ1) is 16.4. The molecule has 0 unspecified atom stereocenters. The van der Waals surface area contributed by atoms with Crippen LogP contribution >= 0.6 is 0 Å².